The molecule has 0 saturated heterocycles. The van der Waals surface area contributed by atoms with Gasteiger partial charge in [-0.2, -0.15) is 4.68 Å². The van der Waals surface area contributed by atoms with Crippen LogP contribution < -0.4 is 22.6 Å². The van der Waals surface area contributed by atoms with Crippen molar-refractivity contribution in [2.45, 2.75) is 6.04 Å². The van der Waals surface area contributed by atoms with Gasteiger partial charge in [0.15, 0.2) is 0 Å². The molecule has 26 heavy (non-hydrogen) atoms. The molecule has 1 aliphatic heterocycles. The highest BCUT2D eigenvalue weighted by Crippen LogP contribution is 2.33. The number of primary amides is 1. The van der Waals surface area contributed by atoms with Gasteiger partial charge in [-0.1, -0.05) is 35.9 Å². The van der Waals surface area contributed by atoms with Crippen LogP contribution in [0.1, 0.15) is 11.6 Å². The summed E-state index contributed by atoms with van der Waals surface area (Å²) in [6.45, 7) is 0. The van der Waals surface area contributed by atoms with Gasteiger partial charge in [-0.15, -0.1) is 0 Å². The first-order valence-corrected chi connectivity index (χ1v) is 8.11. The third-order valence-corrected chi connectivity index (χ3v) is 4.73. The highest BCUT2D eigenvalue weighted by Gasteiger charge is 2.37. The number of halogens is 1. The van der Waals surface area contributed by atoms with Gasteiger partial charge >= 0.3 is 0 Å². The lowest BCUT2D eigenvalue weighted by Crippen LogP contribution is -2.38. The number of carbonyl (C=O) groups excluding carboxylic acids is 1. The summed E-state index contributed by atoms with van der Waals surface area (Å²) >= 11 is 5.93. The van der Waals surface area contributed by atoms with Crippen LogP contribution in [0.3, 0.4) is 0 Å². The van der Waals surface area contributed by atoms with Crippen LogP contribution in [0.15, 0.2) is 63.7 Å². The van der Waals surface area contributed by atoms with Gasteiger partial charge in [0.05, 0.1) is 16.3 Å². The fourth-order valence-corrected chi connectivity index (χ4v) is 3.46. The Balaban J connectivity index is 2.16. The SMILES string of the molecule is NC(=O)C1=C(N)n2c(=O)c3ccccc3c(=O)n2C1c1ccc(Cl)cc1. The van der Waals surface area contributed by atoms with E-state index in [0.29, 0.717) is 10.6 Å². The zero-order valence-electron chi connectivity index (χ0n) is 13.3. The second-order valence-electron chi connectivity index (χ2n) is 5.93. The molecule has 0 fully saturated rings. The topological polar surface area (TPSA) is 113 Å². The second kappa shape index (κ2) is 5.60. The lowest BCUT2D eigenvalue weighted by Gasteiger charge is -2.17. The van der Waals surface area contributed by atoms with Gasteiger partial charge in [0, 0.05) is 5.02 Å². The van der Waals surface area contributed by atoms with E-state index >= 15 is 0 Å². The number of rotatable bonds is 2. The average Bonchev–Trinajstić information content (AvgIpc) is 2.94. The number of benzene rings is 2. The van der Waals surface area contributed by atoms with Crippen molar-refractivity contribution in [2.24, 2.45) is 11.5 Å². The summed E-state index contributed by atoms with van der Waals surface area (Å²) in [5, 5.41) is 0.955. The van der Waals surface area contributed by atoms with E-state index in [-0.39, 0.29) is 22.2 Å². The Labute approximate surface area is 151 Å². The van der Waals surface area contributed by atoms with Crippen molar-refractivity contribution in [3.05, 3.63) is 85.4 Å². The van der Waals surface area contributed by atoms with Crippen LogP contribution in [0.25, 0.3) is 16.6 Å². The van der Waals surface area contributed by atoms with Crippen molar-refractivity contribution in [3.63, 3.8) is 0 Å². The summed E-state index contributed by atoms with van der Waals surface area (Å²) < 4.78 is 2.19. The molecule has 0 saturated carbocycles. The highest BCUT2D eigenvalue weighted by molar-refractivity contribution is 6.30. The molecule has 4 N–H and O–H groups in total. The van der Waals surface area contributed by atoms with Gasteiger partial charge in [0.25, 0.3) is 17.0 Å². The Hall–Kier alpha value is -3.32. The molecule has 1 aromatic heterocycles. The first-order chi connectivity index (χ1) is 12.4. The third kappa shape index (κ3) is 2.11. The fourth-order valence-electron chi connectivity index (χ4n) is 3.33. The summed E-state index contributed by atoms with van der Waals surface area (Å²) in [5.41, 5.74) is 11.2. The molecular weight excluding hydrogens is 356 g/mol. The minimum Gasteiger partial charge on any atom is -0.383 e. The molecule has 0 bridgehead atoms. The predicted octanol–water partition coefficient (Wildman–Crippen LogP) is 1.03. The first-order valence-electron chi connectivity index (χ1n) is 7.73. The molecule has 1 atom stereocenters. The van der Waals surface area contributed by atoms with Gasteiger partial charge in [0.2, 0.25) is 0 Å². The molecule has 2 heterocycles. The molecule has 1 aliphatic rings. The number of carbonyl (C=O) groups is 1. The highest BCUT2D eigenvalue weighted by atomic mass is 35.5. The quantitative estimate of drug-likeness (QED) is 0.703. The number of hydrogen-bond donors (Lipinski definition) is 2. The van der Waals surface area contributed by atoms with Gasteiger partial charge in [-0.3, -0.25) is 14.4 Å². The summed E-state index contributed by atoms with van der Waals surface area (Å²) in [6.07, 6.45) is 0. The first kappa shape index (κ1) is 16.2. The Morgan fingerprint density at radius 3 is 2.12 bits per heavy atom. The maximum absolute atomic E-state index is 13.1. The molecule has 1 amide bonds. The smallest absolute Gasteiger partial charge is 0.279 e. The average molecular weight is 369 g/mol. The monoisotopic (exact) mass is 368 g/mol. The molecular formula is C18H13ClN4O3. The molecule has 8 heteroatoms. The fraction of sp³-hybridized carbons (Fsp3) is 0.0556. The van der Waals surface area contributed by atoms with E-state index < -0.39 is 23.1 Å². The third-order valence-electron chi connectivity index (χ3n) is 4.48. The van der Waals surface area contributed by atoms with Gasteiger partial charge in [-0.25, -0.2) is 4.68 Å². The number of amides is 1. The van der Waals surface area contributed by atoms with E-state index in [2.05, 4.69) is 0 Å². The zero-order valence-corrected chi connectivity index (χ0v) is 14.1. The van der Waals surface area contributed by atoms with Gasteiger partial charge in [-0.05, 0) is 29.8 Å². The number of aromatic nitrogens is 2. The molecule has 1 unspecified atom stereocenters. The summed E-state index contributed by atoms with van der Waals surface area (Å²) in [6, 6.07) is 12.1. The minimum absolute atomic E-state index is 0.0122. The Kier molecular flexibility index (Phi) is 3.48. The Morgan fingerprint density at radius 2 is 1.54 bits per heavy atom. The van der Waals surface area contributed by atoms with Crippen molar-refractivity contribution in [2.75, 3.05) is 0 Å². The molecule has 0 radical (unpaired) electrons. The largest absolute Gasteiger partial charge is 0.383 e. The number of nitrogens with zero attached hydrogens (tertiary/aromatic N) is 2. The van der Waals surface area contributed by atoms with Gasteiger partial charge in [0.1, 0.15) is 11.9 Å². The van der Waals surface area contributed by atoms with Crippen LogP contribution in [-0.4, -0.2) is 15.3 Å². The summed E-state index contributed by atoms with van der Waals surface area (Å²) in [7, 11) is 0. The molecule has 0 spiro atoms. The number of fused-ring (bicyclic) bond motifs is 2. The van der Waals surface area contributed by atoms with Crippen LogP contribution in [0.5, 0.6) is 0 Å². The Bertz CT molecular complexity index is 1220. The molecule has 0 aliphatic carbocycles. The van der Waals surface area contributed by atoms with Crippen LogP contribution >= 0.6 is 11.6 Å². The maximum atomic E-state index is 13.1. The Morgan fingerprint density at radius 1 is 0.962 bits per heavy atom. The van der Waals surface area contributed by atoms with Crippen molar-refractivity contribution in [3.8, 4) is 0 Å². The molecule has 3 aromatic rings. The van der Waals surface area contributed by atoms with E-state index in [0.717, 1.165) is 4.68 Å². The zero-order chi connectivity index (χ0) is 18.6. The number of hydrogen-bond acceptors (Lipinski definition) is 4. The molecule has 4 rings (SSSR count). The number of nitrogens with two attached hydrogens (primary N) is 2. The predicted molar refractivity (Wildman–Crippen MR) is 98.7 cm³/mol. The van der Waals surface area contributed by atoms with Crippen LogP contribution in [0, 0.1) is 0 Å². The lowest BCUT2D eigenvalue weighted by atomic mass is 9.99. The van der Waals surface area contributed by atoms with Crippen molar-refractivity contribution in [1.82, 2.24) is 9.36 Å². The van der Waals surface area contributed by atoms with E-state index in [1.165, 1.54) is 4.68 Å². The van der Waals surface area contributed by atoms with Crippen molar-refractivity contribution < 1.29 is 4.79 Å². The molecule has 2 aromatic carbocycles. The van der Waals surface area contributed by atoms with E-state index in [4.69, 9.17) is 23.1 Å². The summed E-state index contributed by atoms with van der Waals surface area (Å²) in [5.74, 6) is -0.952. The van der Waals surface area contributed by atoms with Crippen molar-refractivity contribution >= 4 is 34.1 Å². The normalized spacial score (nSPS) is 16.1. The standard InChI is InChI=1S/C18H13ClN4O3/c19-10-7-5-9(6-8-10)14-13(16(21)24)15(20)23-18(26)12-4-2-1-3-11(12)17(25)22(14)23/h1-8,14H,20H2,(H2,21,24). The van der Waals surface area contributed by atoms with Crippen LogP contribution in [0.4, 0.5) is 0 Å². The minimum atomic E-state index is -0.908. The molecule has 130 valence electrons. The maximum Gasteiger partial charge on any atom is 0.279 e. The lowest BCUT2D eigenvalue weighted by molar-refractivity contribution is -0.114. The van der Waals surface area contributed by atoms with Crippen molar-refractivity contribution in [1.29, 1.82) is 0 Å². The van der Waals surface area contributed by atoms with E-state index in [1.807, 2.05) is 0 Å². The van der Waals surface area contributed by atoms with E-state index in [9.17, 15) is 14.4 Å². The van der Waals surface area contributed by atoms with Crippen LogP contribution in [-0.2, 0) is 4.79 Å². The van der Waals surface area contributed by atoms with E-state index in [1.54, 1.807) is 48.5 Å². The summed E-state index contributed by atoms with van der Waals surface area (Å²) in [4.78, 5) is 38.1. The second-order valence-corrected chi connectivity index (χ2v) is 6.37. The van der Waals surface area contributed by atoms with Crippen LogP contribution in [0.2, 0.25) is 5.02 Å². The molecule has 7 nitrogen and oxygen atoms in total. The van der Waals surface area contributed by atoms with Gasteiger partial charge < -0.3 is 11.5 Å².